The summed E-state index contributed by atoms with van der Waals surface area (Å²) in [5, 5.41) is 3.00. The van der Waals surface area contributed by atoms with Crippen molar-refractivity contribution in [3.63, 3.8) is 0 Å². The van der Waals surface area contributed by atoms with Gasteiger partial charge in [0.1, 0.15) is 5.82 Å². The summed E-state index contributed by atoms with van der Waals surface area (Å²) in [6.07, 6.45) is 2.50. The first-order valence-electron chi connectivity index (χ1n) is 5.17. The number of rotatable bonds is 1. The van der Waals surface area contributed by atoms with Gasteiger partial charge in [0.05, 0.1) is 4.47 Å². The molecule has 1 nitrogen and oxygen atoms in total. The monoisotopic (exact) mass is 293 g/mol. The second-order valence-corrected chi connectivity index (χ2v) is 4.74. The molecule has 0 aliphatic carbocycles. The number of nitrogens with one attached hydrogen (secondary N) is 1. The van der Waals surface area contributed by atoms with E-state index in [1.807, 2.05) is 0 Å². The van der Waals surface area contributed by atoms with Crippen LogP contribution in [0.15, 0.2) is 10.5 Å². The molecule has 16 heavy (non-hydrogen) atoms. The van der Waals surface area contributed by atoms with Crippen molar-refractivity contribution in [3.8, 4) is 0 Å². The zero-order valence-corrected chi connectivity index (χ0v) is 10.1. The highest BCUT2D eigenvalue weighted by molar-refractivity contribution is 9.10. The third-order valence-corrected chi connectivity index (χ3v) is 3.38. The molecule has 1 unspecified atom stereocenters. The van der Waals surface area contributed by atoms with Gasteiger partial charge in [0.25, 0.3) is 0 Å². The van der Waals surface area contributed by atoms with Crippen LogP contribution in [-0.4, -0.2) is 6.54 Å². The van der Waals surface area contributed by atoms with Crippen LogP contribution in [0.3, 0.4) is 0 Å². The van der Waals surface area contributed by atoms with Gasteiger partial charge in [-0.2, -0.15) is 0 Å². The Bertz CT molecular complexity index is 376. The molecule has 0 amide bonds. The standard InChI is InChI=1S/C11H11BrF3N/c12-6-5-7(13)11(15)9(10(6)14)8-3-1-2-4-16-8/h5,8,16H,1-4H2. The molecule has 1 N–H and O–H groups in total. The van der Waals surface area contributed by atoms with Gasteiger partial charge in [0.15, 0.2) is 11.6 Å². The zero-order chi connectivity index (χ0) is 11.7. The first-order valence-corrected chi connectivity index (χ1v) is 5.97. The predicted octanol–water partition coefficient (Wildman–Crippen LogP) is 3.68. The van der Waals surface area contributed by atoms with Crippen molar-refractivity contribution < 1.29 is 13.2 Å². The van der Waals surface area contributed by atoms with Crippen LogP contribution < -0.4 is 5.32 Å². The lowest BCUT2D eigenvalue weighted by Crippen LogP contribution is -2.28. The number of halogens is 4. The molecule has 1 aromatic rings. The lowest BCUT2D eigenvalue weighted by Gasteiger charge is -2.25. The maximum atomic E-state index is 13.7. The minimum absolute atomic E-state index is 0.0335. The summed E-state index contributed by atoms with van der Waals surface area (Å²) >= 11 is 2.89. The Hall–Kier alpha value is -0.550. The van der Waals surface area contributed by atoms with Gasteiger partial charge >= 0.3 is 0 Å². The summed E-state index contributed by atoms with van der Waals surface area (Å²) in [5.74, 6) is -2.81. The number of benzene rings is 1. The molecule has 1 aromatic carbocycles. The van der Waals surface area contributed by atoms with Gasteiger partial charge in [0.2, 0.25) is 0 Å². The van der Waals surface area contributed by atoms with Crippen molar-refractivity contribution in [1.29, 1.82) is 0 Å². The van der Waals surface area contributed by atoms with Crippen LogP contribution in [-0.2, 0) is 0 Å². The highest BCUT2D eigenvalue weighted by Crippen LogP contribution is 2.32. The van der Waals surface area contributed by atoms with E-state index in [0.29, 0.717) is 13.0 Å². The van der Waals surface area contributed by atoms with E-state index in [1.165, 1.54) is 0 Å². The van der Waals surface area contributed by atoms with Crippen LogP contribution in [0.25, 0.3) is 0 Å². The van der Waals surface area contributed by atoms with E-state index in [2.05, 4.69) is 21.2 Å². The minimum Gasteiger partial charge on any atom is -0.310 e. The largest absolute Gasteiger partial charge is 0.310 e. The van der Waals surface area contributed by atoms with Gasteiger partial charge in [-0.15, -0.1) is 0 Å². The van der Waals surface area contributed by atoms with Crippen molar-refractivity contribution in [2.45, 2.75) is 25.3 Å². The van der Waals surface area contributed by atoms with Crippen molar-refractivity contribution >= 4 is 15.9 Å². The fraction of sp³-hybridized carbons (Fsp3) is 0.455. The normalized spacial score (nSPS) is 21.1. The molecule has 0 bridgehead atoms. The lowest BCUT2D eigenvalue weighted by molar-refractivity contribution is 0.374. The summed E-state index contributed by atoms with van der Waals surface area (Å²) in [7, 11) is 0. The molecule has 0 aromatic heterocycles. The minimum atomic E-state index is -1.08. The molecular formula is C11H11BrF3N. The predicted molar refractivity (Wildman–Crippen MR) is 58.6 cm³/mol. The second-order valence-electron chi connectivity index (χ2n) is 3.88. The van der Waals surface area contributed by atoms with Gasteiger partial charge in [-0.3, -0.25) is 0 Å². The van der Waals surface area contributed by atoms with E-state index < -0.39 is 23.5 Å². The summed E-state index contributed by atoms with van der Waals surface area (Å²) in [6, 6.07) is 0.387. The van der Waals surface area contributed by atoms with Gasteiger partial charge in [-0.25, -0.2) is 13.2 Å². The molecule has 1 atom stereocenters. The summed E-state index contributed by atoms with van der Waals surface area (Å²) in [4.78, 5) is 0. The Balaban J connectivity index is 2.45. The summed E-state index contributed by atoms with van der Waals surface area (Å²) in [5.41, 5.74) is -0.188. The Morgan fingerprint density at radius 1 is 1.19 bits per heavy atom. The molecule has 2 rings (SSSR count). The van der Waals surface area contributed by atoms with Crippen molar-refractivity contribution in [2.75, 3.05) is 6.54 Å². The molecule has 1 aliphatic rings. The first kappa shape index (κ1) is 11.9. The highest BCUT2D eigenvalue weighted by atomic mass is 79.9. The fourth-order valence-electron chi connectivity index (χ4n) is 2.00. The van der Waals surface area contributed by atoms with E-state index in [1.54, 1.807) is 0 Å². The molecule has 0 saturated carbocycles. The average molecular weight is 294 g/mol. The van der Waals surface area contributed by atoms with Crippen LogP contribution in [0.1, 0.15) is 30.9 Å². The van der Waals surface area contributed by atoms with Crippen LogP contribution >= 0.6 is 15.9 Å². The van der Waals surface area contributed by atoms with Crippen molar-refractivity contribution in [3.05, 3.63) is 33.6 Å². The molecule has 0 radical (unpaired) electrons. The smallest absolute Gasteiger partial charge is 0.166 e. The van der Waals surface area contributed by atoms with Crippen molar-refractivity contribution in [1.82, 2.24) is 5.32 Å². The van der Waals surface area contributed by atoms with Crippen LogP contribution in [0, 0.1) is 17.5 Å². The Morgan fingerprint density at radius 3 is 2.56 bits per heavy atom. The van der Waals surface area contributed by atoms with Crippen LogP contribution in [0.4, 0.5) is 13.2 Å². The topological polar surface area (TPSA) is 12.0 Å². The van der Waals surface area contributed by atoms with Gasteiger partial charge in [-0.1, -0.05) is 6.42 Å². The molecular weight excluding hydrogens is 283 g/mol. The Kier molecular flexibility index (Phi) is 3.54. The van der Waals surface area contributed by atoms with E-state index in [4.69, 9.17) is 0 Å². The fourth-order valence-corrected chi connectivity index (χ4v) is 2.41. The lowest BCUT2D eigenvalue weighted by atomic mass is 9.96. The Morgan fingerprint density at radius 2 is 1.94 bits per heavy atom. The molecule has 5 heteroatoms. The van der Waals surface area contributed by atoms with E-state index in [0.717, 1.165) is 18.9 Å². The number of hydrogen-bond acceptors (Lipinski definition) is 1. The van der Waals surface area contributed by atoms with Gasteiger partial charge < -0.3 is 5.32 Å². The summed E-state index contributed by atoms with van der Waals surface area (Å²) < 4.78 is 40.4. The third kappa shape index (κ3) is 2.11. The van der Waals surface area contributed by atoms with Crippen molar-refractivity contribution in [2.24, 2.45) is 0 Å². The molecule has 1 heterocycles. The molecule has 0 spiro atoms. The summed E-state index contributed by atoms with van der Waals surface area (Å²) in [6.45, 7) is 0.706. The molecule has 1 aliphatic heterocycles. The quantitative estimate of drug-likeness (QED) is 0.779. The molecule has 88 valence electrons. The molecule has 1 fully saturated rings. The maximum absolute atomic E-state index is 13.7. The SMILES string of the molecule is Fc1cc(Br)c(F)c(C2CCCCN2)c1F. The van der Waals surface area contributed by atoms with Gasteiger partial charge in [0, 0.05) is 11.6 Å². The number of piperidine rings is 1. The second kappa shape index (κ2) is 4.75. The van der Waals surface area contributed by atoms with E-state index in [9.17, 15) is 13.2 Å². The first-order chi connectivity index (χ1) is 7.61. The van der Waals surface area contributed by atoms with Crippen LogP contribution in [0.5, 0.6) is 0 Å². The third-order valence-electron chi connectivity index (χ3n) is 2.80. The van der Waals surface area contributed by atoms with Crippen LogP contribution in [0.2, 0.25) is 0 Å². The highest BCUT2D eigenvalue weighted by Gasteiger charge is 2.26. The maximum Gasteiger partial charge on any atom is 0.166 e. The van der Waals surface area contributed by atoms with Gasteiger partial charge in [-0.05, 0) is 41.4 Å². The average Bonchev–Trinajstić information content (AvgIpc) is 2.28. The Labute approximate surface area is 100 Å². The zero-order valence-electron chi connectivity index (χ0n) is 8.49. The number of hydrogen-bond donors (Lipinski definition) is 1. The molecule has 1 saturated heterocycles. The van der Waals surface area contributed by atoms with E-state index in [-0.39, 0.29) is 10.0 Å². The van der Waals surface area contributed by atoms with E-state index >= 15 is 0 Å².